The molecule has 0 saturated carbocycles. The maximum absolute atomic E-state index is 10.1. The summed E-state index contributed by atoms with van der Waals surface area (Å²) in [6.45, 7) is 1.43. The fourth-order valence-corrected chi connectivity index (χ4v) is 0.494. The number of nitriles is 2. The van der Waals surface area contributed by atoms with Gasteiger partial charge in [-0.1, -0.05) is 0 Å². The molecule has 0 bridgehead atoms. The van der Waals surface area contributed by atoms with Crippen LogP contribution in [0.2, 0.25) is 0 Å². The smallest absolute Gasteiger partial charge is 0.303 e. The standard InChI is InChI=1S/C7H8N2O2/c1-7(4-8,5-9)3-2-6(10)11/h2-3H2,1H3,(H,10,11). The summed E-state index contributed by atoms with van der Waals surface area (Å²) in [6.07, 6.45) is -0.0625. The Morgan fingerprint density at radius 1 is 1.55 bits per heavy atom. The average Bonchev–Trinajstić information content (AvgIpc) is 2.00. The van der Waals surface area contributed by atoms with Gasteiger partial charge in [0.25, 0.3) is 0 Å². The average molecular weight is 152 g/mol. The van der Waals surface area contributed by atoms with Crippen LogP contribution >= 0.6 is 0 Å². The molecule has 11 heavy (non-hydrogen) atoms. The Hall–Kier alpha value is -1.55. The van der Waals surface area contributed by atoms with E-state index in [0.29, 0.717) is 0 Å². The molecule has 0 fully saturated rings. The van der Waals surface area contributed by atoms with Crippen molar-refractivity contribution in [3.8, 4) is 12.1 Å². The predicted molar refractivity (Wildman–Crippen MR) is 36.2 cm³/mol. The molecule has 0 unspecified atom stereocenters. The summed E-state index contributed by atoms with van der Waals surface area (Å²) in [6, 6.07) is 3.52. The van der Waals surface area contributed by atoms with E-state index in [1.54, 1.807) is 12.1 Å². The Kier molecular flexibility index (Phi) is 3.07. The minimum atomic E-state index is -1.15. The van der Waals surface area contributed by atoms with Crippen LogP contribution in [0.25, 0.3) is 0 Å². The van der Waals surface area contributed by atoms with E-state index in [9.17, 15) is 4.79 Å². The normalized spacial score (nSPS) is 9.73. The Balaban J connectivity index is 4.05. The van der Waals surface area contributed by atoms with Crippen molar-refractivity contribution >= 4 is 5.97 Å². The molecule has 0 rings (SSSR count). The van der Waals surface area contributed by atoms with Gasteiger partial charge in [0.1, 0.15) is 5.41 Å². The van der Waals surface area contributed by atoms with Crippen LogP contribution in [-0.2, 0) is 4.79 Å². The van der Waals surface area contributed by atoms with Crippen molar-refractivity contribution in [2.45, 2.75) is 19.8 Å². The van der Waals surface area contributed by atoms with Crippen LogP contribution in [0.5, 0.6) is 0 Å². The second-order valence-electron chi connectivity index (χ2n) is 2.45. The van der Waals surface area contributed by atoms with Gasteiger partial charge >= 0.3 is 5.97 Å². The van der Waals surface area contributed by atoms with Crippen LogP contribution in [0, 0.1) is 28.1 Å². The zero-order valence-electron chi connectivity index (χ0n) is 6.16. The lowest BCUT2D eigenvalue weighted by Crippen LogP contribution is -2.12. The number of rotatable bonds is 3. The third kappa shape index (κ3) is 3.22. The monoisotopic (exact) mass is 152 g/mol. The molecule has 0 amide bonds. The first-order valence-electron chi connectivity index (χ1n) is 3.08. The second-order valence-corrected chi connectivity index (χ2v) is 2.45. The van der Waals surface area contributed by atoms with Gasteiger partial charge < -0.3 is 5.11 Å². The number of carbonyl (C=O) groups is 1. The summed E-state index contributed by atoms with van der Waals surface area (Å²) in [5, 5.41) is 25.1. The Labute approximate surface area is 64.7 Å². The van der Waals surface area contributed by atoms with Crippen molar-refractivity contribution < 1.29 is 9.90 Å². The molecule has 0 atom stereocenters. The molecule has 0 aliphatic carbocycles. The van der Waals surface area contributed by atoms with Crippen LogP contribution in [0.15, 0.2) is 0 Å². The molecule has 0 aromatic rings. The summed E-state index contributed by atoms with van der Waals surface area (Å²) in [5.74, 6) is -0.985. The zero-order valence-corrected chi connectivity index (χ0v) is 6.16. The van der Waals surface area contributed by atoms with Gasteiger partial charge in [-0.05, 0) is 13.3 Å². The van der Waals surface area contributed by atoms with Crippen molar-refractivity contribution in [2.24, 2.45) is 5.41 Å². The first-order valence-corrected chi connectivity index (χ1v) is 3.08. The number of carboxylic acid groups (broad SMARTS) is 1. The third-order valence-corrected chi connectivity index (χ3v) is 1.33. The third-order valence-electron chi connectivity index (χ3n) is 1.33. The molecular weight excluding hydrogens is 144 g/mol. The summed E-state index contributed by atoms with van der Waals surface area (Å²) in [7, 11) is 0. The highest BCUT2D eigenvalue weighted by atomic mass is 16.4. The van der Waals surface area contributed by atoms with Crippen molar-refractivity contribution in [1.82, 2.24) is 0 Å². The molecule has 0 aliphatic heterocycles. The number of aliphatic carboxylic acids is 1. The first-order chi connectivity index (χ1) is 5.04. The molecule has 0 aromatic heterocycles. The molecule has 0 aliphatic rings. The van der Waals surface area contributed by atoms with Gasteiger partial charge in [0, 0.05) is 6.42 Å². The summed E-state index contributed by atoms with van der Waals surface area (Å²) in [5.41, 5.74) is -1.15. The van der Waals surface area contributed by atoms with Crippen LogP contribution in [-0.4, -0.2) is 11.1 Å². The summed E-state index contributed by atoms with van der Waals surface area (Å²) >= 11 is 0. The van der Waals surface area contributed by atoms with E-state index in [-0.39, 0.29) is 12.8 Å². The van der Waals surface area contributed by atoms with Gasteiger partial charge in [0.2, 0.25) is 0 Å². The highest BCUT2D eigenvalue weighted by molar-refractivity contribution is 5.66. The molecule has 0 heterocycles. The Morgan fingerprint density at radius 3 is 2.27 bits per heavy atom. The summed E-state index contributed by atoms with van der Waals surface area (Å²) in [4.78, 5) is 10.1. The molecule has 0 spiro atoms. The van der Waals surface area contributed by atoms with Crippen LogP contribution in [0.1, 0.15) is 19.8 Å². The Bertz CT molecular complexity index is 220. The lowest BCUT2D eigenvalue weighted by atomic mass is 9.89. The van der Waals surface area contributed by atoms with Crippen LogP contribution in [0.3, 0.4) is 0 Å². The van der Waals surface area contributed by atoms with Crippen LogP contribution < -0.4 is 0 Å². The number of hydrogen-bond donors (Lipinski definition) is 1. The maximum Gasteiger partial charge on any atom is 0.303 e. The van der Waals surface area contributed by atoms with E-state index in [2.05, 4.69) is 0 Å². The number of carboxylic acids is 1. The lowest BCUT2D eigenvalue weighted by molar-refractivity contribution is -0.137. The van der Waals surface area contributed by atoms with Gasteiger partial charge in [0.05, 0.1) is 12.1 Å². The second kappa shape index (κ2) is 3.58. The van der Waals surface area contributed by atoms with Gasteiger partial charge in [-0.3, -0.25) is 4.79 Å². The largest absolute Gasteiger partial charge is 0.481 e. The highest BCUT2D eigenvalue weighted by Gasteiger charge is 2.23. The quantitative estimate of drug-likeness (QED) is 0.651. The Morgan fingerprint density at radius 2 is 2.00 bits per heavy atom. The van der Waals surface area contributed by atoms with Gasteiger partial charge in [-0.15, -0.1) is 0 Å². The molecule has 1 N–H and O–H groups in total. The maximum atomic E-state index is 10.1. The fraction of sp³-hybridized carbons (Fsp3) is 0.571. The summed E-state index contributed by atoms with van der Waals surface area (Å²) < 4.78 is 0. The van der Waals surface area contributed by atoms with Crippen molar-refractivity contribution in [3.63, 3.8) is 0 Å². The molecule has 58 valence electrons. The fourth-order valence-electron chi connectivity index (χ4n) is 0.494. The topological polar surface area (TPSA) is 84.9 Å². The molecule has 0 saturated heterocycles. The minimum Gasteiger partial charge on any atom is -0.481 e. The lowest BCUT2D eigenvalue weighted by Gasteiger charge is -2.08. The van der Waals surface area contributed by atoms with Crippen molar-refractivity contribution in [2.75, 3.05) is 0 Å². The van der Waals surface area contributed by atoms with E-state index in [1.807, 2.05) is 0 Å². The van der Waals surface area contributed by atoms with Gasteiger partial charge in [0.15, 0.2) is 0 Å². The molecular formula is C7H8N2O2. The van der Waals surface area contributed by atoms with E-state index in [0.717, 1.165) is 0 Å². The first kappa shape index (κ1) is 9.45. The molecule has 0 radical (unpaired) electrons. The minimum absolute atomic E-state index is 0.0787. The molecule has 4 heteroatoms. The van der Waals surface area contributed by atoms with Gasteiger partial charge in [-0.25, -0.2) is 0 Å². The van der Waals surface area contributed by atoms with E-state index >= 15 is 0 Å². The van der Waals surface area contributed by atoms with E-state index < -0.39 is 11.4 Å². The van der Waals surface area contributed by atoms with E-state index in [4.69, 9.17) is 15.6 Å². The van der Waals surface area contributed by atoms with Crippen LogP contribution in [0.4, 0.5) is 0 Å². The highest BCUT2D eigenvalue weighted by Crippen LogP contribution is 2.20. The SMILES string of the molecule is CC(C#N)(C#N)CCC(=O)O. The molecule has 4 nitrogen and oxygen atoms in total. The van der Waals surface area contributed by atoms with Crippen molar-refractivity contribution in [3.05, 3.63) is 0 Å². The van der Waals surface area contributed by atoms with Gasteiger partial charge in [-0.2, -0.15) is 10.5 Å². The van der Waals surface area contributed by atoms with E-state index in [1.165, 1.54) is 6.92 Å². The number of nitrogens with zero attached hydrogens (tertiary/aromatic N) is 2. The van der Waals surface area contributed by atoms with Crippen molar-refractivity contribution in [1.29, 1.82) is 10.5 Å². The predicted octanol–water partition coefficient (Wildman–Crippen LogP) is 0.905. The molecule has 0 aromatic carbocycles. The zero-order chi connectivity index (χ0) is 8.91. The number of hydrogen-bond acceptors (Lipinski definition) is 3.